The topological polar surface area (TPSA) is 75.4 Å². The molecule has 5 heteroatoms. The monoisotopic (exact) mass is 337 g/mol. The largest absolute Gasteiger partial charge is 0.366 e. The standard InChI is InChI=1S/C20H23N3O2/c1-13(2)10-23-11-16-7-4-8-18(17(16)12-23)22-20(25)15-6-3-5-14(9-15)19(21)24/h3-9,13H,10-12H2,1-2H3,(H2,21,24)(H,22,25). The summed E-state index contributed by atoms with van der Waals surface area (Å²) in [5, 5.41) is 2.98. The SMILES string of the molecule is CC(C)CN1Cc2cccc(NC(=O)c3cccc(C(N)=O)c3)c2C1. The van der Waals surface area contributed by atoms with E-state index in [0.29, 0.717) is 17.0 Å². The molecule has 25 heavy (non-hydrogen) atoms. The summed E-state index contributed by atoms with van der Waals surface area (Å²) in [6, 6.07) is 12.5. The van der Waals surface area contributed by atoms with Gasteiger partial charge in [-0.15, -0.1) is 0 Å². The highest BCUT2D eigenvalue weighted by molar-refractivity contribution is 6.06. The van der Waals surface area contributed by atoms with Gasteiger partial charge < -0.3 is 11.1 Å². The Kier molecular flexibility index (Phi) is 4.86. The molecule has 3 rings (SSSR count). The summed E-state index contributed by atoms with van der Waals surface area (Å²) in [6.07, 6.45) is 0. The molecule has 1 aliphatic rings. The lowest BCUT2D eigenvalue weighted by Crippen LogP contribution is -2.21. The Labute approximate surface area is 147 Å². The first-order valence-corrected chi connectivity index (χ1v) is 8.48. The molecule has 0 aliphatic carbocycles. The summed E-state index contributed by atoms with van der Waals surface area (Å²) in [5.41, 5.74) is 9.29. The van der Waals surface area contributed by atoms with Crippen LogP contribution in [0, 0.1) is 5.92 Å². The van der Waals surface area contributed by atoms with Crippen molar-refractivity contribution >= 4 is 17.5 Å². The van der Waals surface area contributed by atoms with Crippen LogP contribution in [0.3, 0.4) is 0 Å². The molecule has 5 nitrogen and oxygen atoms in total. The van der Waals surface area contributed by atoms with Crippen molar-refractivity contribution in [2.45, 2.75) is 26.9 Å². The second-order valence-electron chi connectivity index (χ2n) is 6.91. The number of rotatable bonds is 5. The van der Waals surface area contributed by atoms with Crippen LogP contribution in [-0.4, -0.2) is 23.3 Å². The molecule has 0 spiro atoms. The minimum absolute atomic E-state index is 0.237. The molecule has 130 valence electrons. The van der Waals surface area contributed by atoms with Crippen molar-refractivity contribution in [1.82, 2.24) is 4.90 Å². The molecule has 0 fully saturated rings. The van der Waals surface area contributed by atoms with Crippen molar-refractivity contribution in [3.63, 3.8) is 0 Å². The van der Waals surface area contributed by atoms with Crippen molar-refractivity contribution in [2.24, 2.45) is 11.7 Å². The molecule has 0 aromatic heterocycles. The molecule has 2 aromatic carbocycles. The fraction of sp³-hybridized carbons (Fsp3) is 0.300. The van der Waals surface area contributed by atoms with Gasteiger partial charge in [0.1, 0.15) is 0 Å². The number of anilines is 1. The number of carbonyl (C=O) groups excluding carboxylic acids is 2. The third kappa shape index (κ3) is 3.88. The van der Waals surface area contributed by atoms with E-state index in [4.69, 9.17) is 5.73 Å². The summed E-state index contributed by atoms with van der Waals surface area (Å²) in [4.78, 5) is 26.3. The summed E-state index contributed by atoms with van der Waals surface area (Å²) < 4.78 is 0. The quantitative estimate of drug-likeness (QED) is 0.880. The van der Waals surface area contributed by atoms with Gasteiger partial charge in [0.15, 0.2) is 0 Å². The molecule has 0 unspecified atom stereocenters. The Morgan fingerprint density at radius 2 is 1.84 bits per heavy atom. The van der Waals surface area contributed by atoms with E-state index in [2.05, 4.69) is 30.1 Å². The number of hydrogen-bond donors (Lipinski definition) is 2. The molecule has 2 aromatic rings. The lowest BCUT2D eigenvalue weighted by atomic mass is 10.1. The van der Waals surface area contributed by atoms with Crippen LogP contribution in [0.25, 0.3) is 0 Å². The van der Waals surface area contributed by atoms with E-state index in [0.717, 1.165) is 25.3 Å². The van der Waals surface area contributed by atoms with Crippen LogP contribution in [0.15, 0.2) is 42.5 Å². The second-order valence-corrected chi connectivity index (χ2v) is 6.91. The van der Waals surface area contributed by atoms with E-state index < -0.39 is 5.91 Å². The highest BCUT2D eigenvalue weighted by Gasteiger charge is 2.23. The van der Waals surface area contributed by atoms with Gasteiger partial charge in [-0.2, -0.15) is 0 Å². The molecule has 3 N–H and O–H groups in total. The minimum Gasteiger partial charge on any atom is -0.366 e. The first-order chi connectivity index (χ1) is 11.9. The zero-order chi connectivity index (χ0) is 18.0. The Hall–Kier alpha value is -2.66. The highest BCUT2D eigenvalue weighted by Crippen LogP contribution is 2.30. The molecule has 2 amide bonds. The molecule has 1 heterocycles. The highest BCUT2D eigenvalue weighted by atomic mass is 16.2. The van der Waals surface area contributed by atoms with Crippen molar-refractivity contribution < 1.29 is 9.59 Å². The van der Waals surface area contributed by atoms with Gasteiger partial charge in [0, 0.05) is 36.4 Å². The molecule has 0 saturated carbocycles. The number of amides is 2. The van der Waals surface area contributed by atoms with Crippen molar-refractivity contribution in [2.75, 3.05) is 11.9 Å². The average molecular weight is 337 g/mol. The van der Waals surface area contributed by atoms with E-state index in [1.165, 1.54) is 17.2 Å². The first kappa shape index (κ1) is 17.2. The van der Waals surface area contributed by atoms with Crippen molar-refractivity contribution in [3.8, 4) is 0 Å². The van der Waals surface area contributed by atoms with Gasteiger partial charge in [0.25, 0.3) is 5.91 Å². The molecule has 0 radical (unpaired) electrons. The van der Waals surface area contributed by atoms with Crippen molar-refractivity contribution in [3.05, 3.63) is 64.7 Å². The van der Waals surface area contributed by atoms with Crippen LogP contribution >= 0.6 is 0 Å². The fourth-order valence-electron chi connectivity index (χ4n) is 3.26. The number of fused-ring (bicyclic) bond motifs is 1. The Morgan fingerprint density at radius 3 is 2.56 bits per heavy atom. The van der Waals surface area contributed by atoms with Crippen LogP contribution in [0.1, 0.15) is 45.7 Å². The normalized spacial score (nSPS) is 13.7. The molecular formula is C20H23N3O2. The number of nitrogens with two attached hydrogens (primary N) is 1. The summed E-state index contributed by atoms with van der Waals surface area (Å²) in [7, 11) is 0. The minimum atomic E-state index is -0.542. The van der Waals surface area contributed by atoms with E-state index in [1.807, 2.05) is 12.1 Å². The van der Waals surface area contributed by atoms with Crippen LogP contribution in [0.2, 0.25) is 0 Å². The van der Waals surface area contributed by atoms with Gasteiger partial charge in [-0.1, -0.05) is 32.0 Å². The maximum Gasteiger partial charge on any atom is 0.255 e. The maximum atomic E-state index is 12.6. The number of benzene rings is 2. The molecular weight excluding hydrogens is 314 g/mol. The number of nitrogens with zero attached hydrogens (tertiary/aromatic N) is 1. The van der Waals surface area contributed by atoms with Crippen LogP contribution in [-0.2, 0) is 13.1 Å². The third-order valence-corrected chi connectivity index (χ3v) is 4.33. The van der Waals surface area contributed by atoms with Gasteiger partial charge in [-0.05, 0) is 41.3 Å². The lowest BCUT2D eigenvalue weighted by molar-refractivity contribution is 0.1000. The maximum absolute atomic E-state index is 12.6. The average Bonchev–Trinajstić information content (AvgIpc) is 2.97. The van der Waals surface area contributed by atoms with Gasteiger partial charge in [0.2, 0.25) is 5.91 Å². The second kappa shape index (κ2) is 7.07. The summed E-state index contributed by atoms with van der Waals surface area (Å²) in [5.74, 6) is -0.178. The molecule has 0 atom stereocenters. The summed E-state index contributed by atoms with van der Waals surface area (Å²) >= 11 is 0. The molecule has 0 bridgehead atoms. The zero-order valence-corrected chi connectivity index (χ0v) is 14.6. The van der Waals surface area contributed by atoms with Crippen LogP contribution < -0.4 is 11.1 Å². The Balaban J connectivity index is 1.79. The zero-order valence-electron chi connectivity index (χ0n) is 14.6. The van der Waals surface area contributed by atoms with E-state index in [-0.39, 0.29) is 5.91 Å². The fourth-order valence-corrected chi connectivity index (χ4v) is 3.26. The van der Waals surface area contributed by atoms with Crippen LogP contribution in [0.5, 0.6) is 0 Å². The van der Waals surface area contributed by atoms with E-state index in [9.17, 15) is 9.59 Å². The van der Waals surface area contributed by atoms with Gasteiger partial charge in [-0.25, -0.2) is 0 Å². The van der Waals surface area contributed by atoms with Crippen molar-refractivity contribution in [1.29, 1.82) is 0 Å². The number of nitrogens with one attached hydrogen (secondary N) is 1. The van der Waals surface area contributed by atoms with Gasteiger partial charge in [0.05, 0.1) is 0 Å². The summed E-state index contributed by atoms with van der Waals surface area (Å²) in [6.45, 7) is 7.19. The molecule has 1 aliphatic heterocycles. The predicted octanol–water partition coefficient (Wildman–Crippen LogP) is 3.01. The van der Waals surface area contributed by atoms with Gasteiger partial charge >= 0.3 is 0 Å². The smallest absolute Gasteiger partial charge is 0.255 e. The lowest BCUT2D eigenvalue weighted by Gasteiger charge is -2.17. The first-order valence-electron chi connectivity index (χ1n) is 8.48. The van der Waals surface area contributed by atoms with E-state index >= 15 is 0 Å². The third-order valence-electron chi connectivity index (χ3n) is 4.33. The van der Waals surface area contributed by atoms with Crippen LogP contribution in [0.4, 0.5) is 5.69 Å². The number of carbonyl (C=O) groups is 2. The Bertz CT molecular complexity index is 814. The molecule has 0 saturated heterocycles. The van der Waals surface area contributed by atoms with E-state index in [1.54, 1.807) is 18.2 Å². The Morgan fingerprint density at radius 1 is 1.12 bits per heavy atom. The number of primary amides is 1. The predicted molar refractivity (Wildman–Crippen MR) is 98.3 cm³/mol. The van der Waals surface area contributed by atoms with Gasteiger partial charge in [-0.3, -0.25) is 14.5 Å². The number of hydrogen-bond acceptors (Lipinski definition) is 3.